The van der Waals surface area contributed by atoms with Crippen LogP contribution < -0.4 is 15.8 Å². The molecule has 18 heavy (non-hydrogen) atoms. The van der Waals surface area contributed by atoms with Crippen molar-refractivity contribution in [3.05, 3.63) is 39.0 Å². The average molecular weight is 327 g/mol. The Labute approximate surface area is 117 Å². The molecule has 0 unspecified atom stereocenters. The van der Waals surface area contributed by atoms with E-state index in [1.54, 1.807) is 29.6 Å². The van der Waals surface area contributed by atoms with Gasteiger partial charge >= 0.3 is 0 Å². The van der Waals surface area contributed by atoms with Gasteiger partial charge in [0.25, 0.3) is 5.91 Å². The molecule has 1 heterocycles. The maximum Gasteiger partial charge on any atom is 0.256 e. The first kappa shape index (κ1) is 12.9. The third kappa shape index (κ3) is 2.83. The molecule has 0 spiro atoms. The van der Waals surface area contributed by atoms with Crippen molar-refractivity contribution in [2.75, 3.05) is 18.2 Å². The van der Waals surface area contributed by atoms with E-state index in [1.807, 2.05) is 0 Å². The molecule has 1 aromatic carbocycles. The van der Waals surface area contributed by atoms with Crippen molar-refractivity contribution in [1.29, 1.82) is 0 Å². The zero-order chi connectivity index (χ0) is 13.1. The molecule has 0 atom stereocenters. The van der Waals surface area contributed by atoms with Gasteiger partial charge in [-0.25, -0.2) is 0 Å². The molecule has 0 fully saturated rings. The smallest absolute Gasteiger partial charge is 0.256 e. The minimum Gasteiger partial charge on any atom is -0.495 e. The number of amides is 1. The molecule has 94 valence electrons. The van der Waals surface area contributed by atoms with Gasteiger partial charge < -0.3 is 15.8 Å². The van der Waals surface area contributed by atoms with Crippen LogP contribution in [0.4, 0.5) is 11.4 Å². The number of hydrogen-bond donors (Lipinski definition) is 2. The minimum absolute atomic E-state index is 0.163. The summed E-state index contributed by atoms with van der Waals surface area (Å²) < 4.78 is 6.01. The molecule has 0 aliphatic rings. The second-order valence-electron chi connectivity index (χ2n) is 3.55. The summed E-state index contributed by atoms with van der Waals surface area (Å²) in [4.78, 5) is 11.9. The SMILES string of the molecule is COc1cc(NC(=O)c2csc(Br)c2)ccc1N. The second kappa shape index (κ2) is 5.41. The predicted molar refractivity (Wildman–Crippen MR) is 77.4 cm³/mol. The van der Waals surface area contributed by atoms with Gasteiger partial charge in [-0.1, -0.05) is 0 Å². The van der Waals surface area contributed by atoms with Crippen molar-refractivity contribution in [1.82, 2.24) is 0 Å². The molecule has 4 nitrogen and oxygen atoms in total. The maximum atomic E-state index is 11.9. The number of carbonyl (C=O) groups excluding carboxylic acids is 1. The van der Waals surface area contributed by atoms with Crippen molar-refractivity contribution in [2.24, 2.45) is 0 Å². The van der Waals surface area contributed by atoms with Crippen molar-refractivity contribution < 1.29 is 9.53 Å². The molecule has 0 saturated carbocycles. The third-order valence-electron chi connectivity index (χ3n) is 2.32. The van der Waals surface area contributed by atoms with E-state index in [4.69, 9.17) is 10.5 Å². The molecule has 0 saturated heterocycles. The zero-order valence-electron chi connectivity index (χ0n) is 9.57. The average Bonchev–Trinajstić information content (AvgIpc) is 2.78. The van der Waals surface area contributed by atoms with Gasteiger partial charge in [0, 0.05) is 17.1 Å². The van der Waals surface area contributed by atoms with Gasteiger partial charge in [0.05, 0.1) is 22.1 Å². The Morgan fingerprint density at radius 1 is 1.44 bits per heavy atom. The van der Waals surface area contributed by atoms with E-state index < -0.39 is 0 Å². The predicted octanol–water partition coefficient (Wildman–Crippen LogP) is 3.35. The summed E-state index contributed by atoms with van der Waals surface area (Å²) in [6.07, 6.45) is 0. The van der Waals surface area contributed by atoms with Crippen LogP contribution in [0.25, 0.3) is 0 Å². The standard InChI is InChI=1S/C12H11BrN2O2S/c1-17-10-5-8(2-3-9(10)14)15-12(16)7-4-11(13)18-6-7/h2-6H,14H2,1H3,(H,15,16). The van der Waals surface area contributed by atoms with Crippen LogP contribution in [0.1, 0.15) is 10.4 Å². The number of halogens is 1. The lowest BCUT2D eigenvalue weighted by Gasteiger charge is -2.08. The molecule has 1 aromatic heterocycles. The quantitative estimate of drug-likeness (QED) is 0.850. The second-order valence-corrected chi connectivity index (χ2v) is 5.84. The number of hydrogen-bond acceptors (Lipinski definition) is 4. The van der Waals surface area contributed by atoms with E-state index in [9.17, 15) is 4.79 Å². The normalized spacial score (nSPS) is 10.1. The summed E-state index contributed by atoms with van der Waals surface area (Å²) >= 11 is 4.78. The minimum atomic E-state index is -0.163. The molecular weight excluding hydrogens is 316 g/mol. The monoisotopic (exact) mass is 326 g/mol. The zero-order valence-corrected chi connectivity index (χ0v) is 12.0. The first-order valence-electron chi connectivity index (χ1n) is 5.09. The van der Waals surface area contributed by atoms with Gasteiger partial charge in [-0.15, -0.1) is 11.3 Å². The van der Waals surface area contributed by atoms with Gasteiger partial charge in [-0.3, -0.25) is 4.79 Å². The lowest BCUT2D eigenvalue weighted by molar-refractivity contribution is 0.102. The van der Waals surface area contributed by atoms with Crippen LogP contribution in [0.3, 0.4) is 0 Å². The summed E-state index contributed by atoms with van der Waals surface area (Å²) in [7, 11) is 1.54. The van der Waals surface area contributed by atoms with Crippen LogP contribution >= 0.6 is 27.3 Å². The fraction of sp³-hybridized carbons (Fsp3) is 0.0833. The Balaban J connectivity index is 2.16. The van der Waals surface area contributed by atoms with Crippen LogP contribution in [0, 0.1) is 0 Å². The number of ether oxygens (including phenoxy) is 1. The molecule has 0 aliphatic carbocycles. The molecular formula is C12H11BrN2O2S. The number of anilines is 2. The van der Waals surface area contributed by atoms with Gasteiger partial charge in [0.15, 0.2) is 0 Å². The lowest BCUT2D eigenvalue weighted by Crippen LogP contribution is -2.11. The van der Waals surface area contributed by atoms with Crippen molar-refractivity contribution in [3.63, 3.8) is 0 Å². The molecule has 2 rings (SSSR count). The first-order chi connectivity index (χ1) is 8.60. The molecule has 0 aliphatic heterocycles. The molecule has 0 radical (unpaired) electrons. The van der Waals surface area contributed by atoms with E-state index in [0.29, 0.717) is 22.7 Å². The van der Waals surface area contributed by atoms with Gasteiger partial charge in [0.2, 0.25) is 0 Å². The molecule has 6 heteroatoms. The number of thiophene rings is 1. The summed E-state index contributed by atoms with van der Waals surface area (Å²) in [5, 5.41) is 4.57. The number of methoxy groups -OCH3 is 1. The van der Waals surface area contributed by atoms with E-state index in [-0.39, 0.29) is 5.91 Å². The van der Waals surface area contributed by atoms with E-state index in [0.717, 1.165) is 3.79 Å². The van der Waals surface area contributed by atoms with Crippen molar-refractivity contribution in [3.8, 4) is 5.75 Å². The highest BCUT2D eigenvalue weighted by atomic mass is 79.9. The Morgan fingerprint density at radius 2 is 2.22 bits per heavy atom. The van der Waals surface area contributed by atoms with E-state index in [1.165, 1.54) is 18.4 Å². The summed E-state index contributed by atoms with van der Waals surface area (Å²) in [6.45, 7) is 0. The third-order valence-corrected chi connectivity index (χ3v) is 3.83. The van der Waals surface area contributed by atoms with Gasteiger partial charge in [0.1, 0.15) is 5.75 Å². The van der Waals surface area contributed by atoms with Crippen molar-refractivity contribution in [2.45, 2.75) is 0 Å². The first-order valence-corrected chi connectivity index (χ1v) is 6.76. The van der Waals surface area contributed by atoms with Crippen LogP contribution in [-0.4, -0.2) is 13.0 Å². The maximum absolute atomic E-state index is 11.9. The molecule has 0 bridgehead atoms. The summed E-state index contributed by atoms with van der Waals surface area (Å²) in [5.41, 5.74) is 7.50. The van der Waals surface area contributed by atoms with Crippen LogP contribution in [0.5, 0.6) is 5.75 Å². The van der Waals surface area contributed by atoms with E-state index >= 15 is 0 Å². The molecule has 3 N–H and O–H groups in total. The highest BCUT2D eigenvalue weighted by Gasteiger charge is 2.09. The lowest BCUT2D eigenvalue weighted by atomic mass is 10.2. The number of nitrogens with two attached hydrogens (primary N) is 1. The Morgan fingerprint density at radius 3 is 2.83 bits per heavy atom. The van der Waals surface area contributed by atoms with Gasteiger partial charge in [-0.2, -0.15) is 0 Å². The number of nitrogen functional groups attached to an aromatic ring is 1. The van der Waals surface area contributed by atoms with Crippen LogP contribution in [-0.2, 0) is 0 Å². The Hall–Kier alpha value is -1.53. The number of nitrogens with one attached hydrogen (secondary N) is 1. The fourth-order valence-corrected chi connectivity index (χ4v) is 2.56. The summed E-state index contributed by atoms with van der Waals surface area (Å²) in [6, 6.07) is 6.89. The summed E-state index contributed by atoms with van der Waals surface area (Å²) in [5.74, 6) is 0.378. The van der Waals surface area contributed by atoms with Crippen LogP contribution in [0.2, 0.25) is 0 Å². The van der Waals surface area contributed by atoms with Crippen molar-refractivity contribution >= 4 is 44.5 Å². The Bertz CT molecular complexity index is 583. The number of carbonyl (C=O) groups is 1. The van der Waals surface area contributed by atoms with E-state index in [2.05, 4.69) is 21.2 Å². The topological polar surface area (TPSA) is 64.3 Å². The number of rotatable bonds is 3. The largest absolute Gasteiger partial charge is 0.495 e. The Kier molecular flexibility index (Phi) is 3.88. The van der Waals surface area contributed by atoms with Crippen LogP contribution in [0.15, 0.2) is 33.4 Å². The molecule has 2 aromatic rings. The molecule has 1 amide bonds. The van der Waals surface area contributed by atoms with Gasteiger partial charge in [-0.05, 0) is 34.1 Å². The highest BCUT2D eigenvalue weighted by molar-refractivity contribution is 9.11. The number of benzene rings is 1. The fourth-order valence-electron chi connectivity index (χ4n) is 1.42. The highest BCUT2D eigenvalue weighted by Crippen LogP contribution is 2.26.